The van der Waals surface area contributed by atoms with Gasteiger partial charge in [0.1, 0.15) is 10.6 Å². The number of ether oxygens (including phenoxy) is 1. The zero-order valence-electron chi connectivity index (χ0n) is 18.5. The smallest absolute Gasteiger partial charge is 0.449 e. The molecular formula is C24H21FN4O4S. The van der Waals surface area contributed by atoms with Crippen LogP contribution in [0.3, 0.4) is 0 Å². The third-order valence-corrected chi connectivity index (χ3v) is 7.99. The second-order valence-electron chi connectivity index (χ2n) is 8.83. The molecule has 0 saturated carbocycles. The lowest BCUT2D eigenvalue weighted by molar-refractivity contribution is 0.144. The van der Waals surface area contributed by atoms with Crippen molar-refractivity contribution in [1.82, 2.24) is 9.72 Å². The molecule has 2 aliphatic rings. The zero-order valence-corrected chi connectivity index (χ0v) is 19.3. The summed E-state index contributed by atoms with van der Waals surface area (Å²) in [4.78, 5) is 31.4. The monoisotopic (exact) mass is 480 g/mol. The van der Waals surface area contributed by atoms with Gasteiger partial charge in [-0.15, -0.1) is 11.3 Å². The van der Waals surface area contributed by atoms with Crippen LogP contribution in [-0.4, -0.2) is 49.4 Å². The van der Waals surface area contributed by atoms with Crippen LogP contribution >= 0.6 is 11.3 Å². The molecule has 10 heteroatoms. The summed E-state index contributed by atoms with van der Waals surface area (Å²) in [6.45, 7) is 1.98. The number of carboxylic acid groups (broad SMARTS) is 1. The van der Waals surface area contributed by atoms with Crippen LogP contribution in [0.5, 0.6) is 5.75 Å². The number of hydrogen-bond acceptors (Lipinski definition) is 7. The van der Waals surface area contributed by atoms with Crippen molar-refractivity contribution in [2.24, 2.45) is 16.3 Å². The number of fused-ring (bicyclic) bond motifs is 1. The fourth-order valence-corrected chi connectivity index (χ4v) is 6.74. The van der Waals surface area contributed by atoms with Crippen LogP contribution in [0, 0.1) is 17.2 Å². The topological polar surface area (TPSA) is 95.6 Å². The van der Waals surface area contributed by atoms with Crippen LogP contribution in [0.1, 0.15) is 0 Å². The van der Waals surface area contributed by atoms with Gasteiger partial charge in [0.2, 0.25) is 11.2 Å². The fraction of sp³-hybridized carbons (Fsp3) is 0.292. The lowest BCUT2D eigenvalue weighted by atomic mass is 9.75. The fourth-order valence-electron chi connectivity index (χ4n) is 5.76. The number of halogens is 1. The van der Waals surface area contributed by atoms with Gasteiger partial charge in [-0.2, -0.15) is 0 Å². The largest absolute Gasteiger partial charge is 0.511 e. The van der Waals surface area contributed by atoms with Gasteiger partial charge in [-0.3, -0.25) is 14.2 Å². The highest BCUT2D eigenvalue weighted by Crippen LogP contribution is 2.45. The van der Waals surface area contributed by atoms with E-state index in [1.54, 1.807) is 16.8 Å². The van der Waals surface area contributed by atoms with Crippen LogP contribution in [0.4, 0.5) is 14.9 Å². The number of allylic oxidation sites excluding steroid dienone is 2. The normalized spacial score (nSPS) is 22.6. The van der Waals surface area contributed by atoms with Crippen molar-refractivity contribution in [2.75, 3.05) is 38.6 Å². The lowest BCUT2D eigenvalue weighted by Gasteiger charge is -2.31. The molecule has 1 fully saturated rings. The summed E-state index contributed by atoms with van der Waals surface area (Å²) in [7, 11) is 3.55. The summed E-state index contributed by atoms with van der Waals surface area (Å²) in [5.74, 6) is -0.651. The maximum absolute atomic E-state index is 15.9. The SMILES string of the molecule is CN=c1c2c(N3CC4C=CC=CC4(CNC)C3)c(F)cc3c(=O)c(OC(=O)O)c4scc1n4c32. The number of pyridine rings is 1. The second kappa shape index (κ2) is 7.25. The molecule has 1 saturated heterocycles. The van der Waals surface area contributed by atoms with E-state index in [0.29, 0.717) is 45.4 Å². The van der Waals surface area contributed by atoms with Gasteiger partial charge >= 0.3 is 6.16 Å². The van der Waals surface area contributed by atoms with E-state index in [2.05, 4.69) is 22.5 Å². The number of nitrogens with zero attached hydrogens (tertiary/aromatic N) is 3. The Balaban J connectivity index is 1.67. The summed E-state index contributed by atoms with van der Waals surface area (Å²) in [6, 6.07) is 1.20. The lowest BCUT2D eigenvalue weighted by Crippen LogP contribution is -2.38. The second-order valence-corrected chi connectivity index (χ2v) is 9.69. The quantitative estimate of drug-likeness (QED) is 0.436. The number of aromatic nitrogens is 1. The van der Waals surface area contributed by atoms with Crippen molar-refractivity contribution >= 4 is 49.8 Å². The molecule has 4 aromatic rings. The molecule has 2 unspecified atom stereocenters. The van der Waals surface area contributed by atoms with E-state index in [1.807, 2.05) is 24.1 Å². The Morgan fingerprint density at radius 3 is 3.00 bits per heavy atom. The molecule has 6 rings (SSSR count). The van der Waals surface area contributed by atoms with Gasteiger partial charge < -0.3 is 20.1 Å². The van der Waals surface area contributed by atoms with Crippen LogP contribution in [0.15, 0.2) is 45.5 Å². The minimum Gasteiger partial charge on any atom is -0.449 e. The van der Waals surface area contributed by atoms with Crippen molar-refractivity contribution < 1.29 is 19.0 Å². The van der Waals surface area contributed by atoms with E-state index >= 15 is 4.39 Å². The molecule has 0 spiro atoms. The van der Waals surface area contributed by atoms with Crippen LogP contribution in [0.2, 0.25) is 0 Å². The average molecular weight is 481 g/mol. The van der Waals surface area contributed by atoms with Gasteiger partial charge in [0.05, 0.1) is 32.9 Å². The number of nitrogens with one attached hydrogen (secondary N) is 1. The van der Waals surface area contributed by atoms with Crippen LogP contribution < -0.4 is 25.7 Å². The van der Waals surface area contributed by atoms with Gasteiger partial charge in [-0.05, 0) is 13.1 Å². The summed E-state index contributed by atoms with van der Waals surface area (Å²) in [5.41, 5.74) is 0.819. The number of thiazole rings is 1. The molecule has 1 aliphatic heterocycles. The van der Waals surface area contributed by atoms with E-state index in [9.17, 15) is 9.59 Å². The van der Waals surface area contributed by atoms with E-state index in [0.717, 1.165) is 6.54 Å². The molecule has 0 radical (unpaired) electrons. The molecule has 3 aromatic heterocycles. The Morgan fingerprint density at radius 1 is 1.44 bits per heavy atom. The molecule has 0 bridgehead atoms. The minimum atomic E-state index is -1.59. The minimum absolute atomic E-state index is 0.0737. The number of rotatable bonds is 4. The van der Waals surface area contributed by atoms with Gasteiger partial charge in [0.15, 0.2) is 0 Å². The summed E-state index contributed by atoms with van der Waals surface area (Å²) >= 11 is 1.20. The number of anilines is 1. The van der Waals surface area contributed by atoms with Crippen LogP contribution in [0.25, 0.3) is 26.6 Å². The van der Waals surface area contributed by atoms with E-state index < -0.39 is 17.4 Å². The van der Waals surface area contributed by atoms with E-state index in [4.69, 9.17) is 9.84 Å². The summed E-state index contributed by atoms with van der Waals surface area (Å²) in [5, 5.41) is 15.5. The first-order chi connectivity index (χ1) is 16.4. The predicted octanol–water partition coefficient (Wildman–Crippen LogP) is 3.04. The Kier molecular flexibility index (Phi) is 4.49. The molecular weight excluding hydrogens is 459 g/mol. The van der Waals surface area contributed by atoms with Crippen LogP contribution in [-0.2, 0) is 0 Å². The number of hydrogen-bond donors (Lipinski definition) is 2. The van der Waals surface area contributed by atoms with Crippen molar-refractivity contribution in [3.63, 3.8) is 0 Å². The number of benzene rings is 1. The molecule has 8 nitrogen and oxygen atoms in total. The van der Waals surface area contributed by atoms with Gasteiger partial charge in [0, 0.05) is 43.4 Å². The Morgan fingerprint density at radius 2 is 2.26 bits per heavy atom. The number of carbonyl (C=O) groups is 1. The standard InChI is InChI=1S/C24H21FN4O4S/c1-26-10-24-6-4-3-5-12(24)8-28(11-24)19-14(25)7-13-18-16(19)17(27-2)15-9-34-22(29(15)18)21(20(13)30)33-23(31)32/h3-7,9,12,26H,8,10-11H2,1-2H3,(H,31,32). The highest BCUT2D eigenvalue weighted by molar-refractivity contribution is 7.16. The third-order valence-electron chi connectivity index (χ3n) is 7.06. The van der Waals surface area contributed by atoms with Crippen molar-refractivity contribution in [2.45, 2.75) is 0 Å². The molecule has 0 amide bonds. The van der Waals surface area contributed by atoms with E-state index in [1.165, 1.54) is 17.4 Å². The summed E-state index contributed by atoms with van der Waals surface area (Å²) in [6.07, 6.45) is 6.83. The maximum Gasteiger partial charge on any atom is 0.511 e. The molecule has 1 aromatic carbocycles. The molecule has 174 valence electrons. The van der Waals surface area contributed by atoms with Crippen molar-refractivity contribution in [1.29, 1.82) is 0 Å². The summed E-state index contributed by atoms with van der Waals surface area (Å²) < 4.78 is 22.5. The van der Waals surface area contributed by atoms with Gasteiger partial charge in [-0.25, -0.2) is 9.18 Å². The first-order valence-electron chi connectivity index (χ1n) is 10.9. The van der Waals surface area contributed by atoms with Crippen molar-refractivity contribution in [3.05, 3.63) is 57.1 Å². The predicted molar refractivity (Wildman–Crippen MR) is 129 cm³/mol. The molecule has 4 heterocycles. The Labute approximate surface area is 196 Å². The maximum atomic E-state index is 15.9. The molecule has 2 N–H and O–H groups in total. The highest BCUT2D eigenvalue weighted by atomic mass is 32.1. The average Bonchev–Trinajstić information content (AvgIpc) is 3.47. The first-order valence-corrected chi connectivity index (χ1v) is 11.7. The highest BCUT2D eigenvalue weighted by Gasteiger charge is 2.45. The Hall–Kier alpha value is -3.50. The first kappa shape index (κ1) is 21.1. The van der Waals surface area contributed by atoms with Gasteiger partial charge in [-0.1, -0.05) is 24.3 Å². The van der Waals surface area contributed by atoms with Gasteiger partial charge in [0.25, 0.3) is 0 Å². The Bertz CT molecular complexity index is 1650. The third kappa shape index (κ3) is 2.63. The molecule has 1 aliphatic carbocycles. The zero-order chi connectivity index (χ0) is 23.8. The molecule has 34 heavy (non-hydrogen) atoms. The molecule has 2 atom stereocenters. The van der Waals surface area contributed by atoms with E-state index in [-0.39, 0.29) is 22.5 Å². The van der Waals surface area contributed by atoms with Crippen molar-refractivity contribution in [3.8, 4) is 5.75 Å².